The Morgan fingerprint density at radius 1 is 1.07 bits per heavy atom. The van der Waals surface area contributed by atoms with Crippen molar-refractivity contribution in [3.63, 3.8) is 0 Å². The SMILES string of the molecule is Cc1cc(C(=O)Nc2ccccc2C#N)nc(Nc2cccc(Cl)c2C)n1. The first-order chi connectivity index (χ1) is 13.0. The van der Waals surface area contributed by atoms with Crippen molar-refractivity contribution in [1.82, 2.24) is 9.97 Å². The highest BCUT2D eigenvalue weighted by Crippen LogP contribution is 2.25. The zero-order valence-corrected chi connectivity index (χ0v) is 15.5. The molecule has 0 saturated heterocycles. The molecule has 0 unspecified atom stereocenters. The van der Waals surface area contributed by atoms with E-state index in [-0.39, 0.29) is 5.69 Å². The quantitative estimate of drug-likeness (QED) is 0.692. The maximum Gasteiger partial charge on any atom is 0.274 e. The lowest BCUT2D eigenvalue weighted by molar-refractivity contribution is 0.102. The van der Waals surface area contributed by atoms with E-state index in [0.29, 0.717) is 27.9 Å². The highest BCUT2D eigenvalue weighted by Gasteiger charge is 2.13. The van der Waals surface area contributed by atoms with E-state index in [9.17, 15) is 4.79 Å². The molecule has 0 aliphatic heterocycles. The van der Waals surface area contributed by atoms with Gasteiger partial charge < -0.3 is 10.6 Å². The number of hydrogen-bond acceptors (Lipinski definition) is 5. The Hall–Kier alpha value is -3.43. The lowest BCUT2D eigenvalue weighted by Gasteiger charge is -2.11. The van der Waals surface area contributed by atoms with E-state index in [1.54, 1.807) is 43.3 Å². The fourth-order valence-corrected chi connectivity index (χ4v) is 2.65. The minimum Gasteiger partial charge on any atom is -0.324 e. The van der Waals surface area contributed by atoms with Gasteiger partial charge in [-0.2, -0.15) is 5.26 Å². The molecule has 0 bridgehead atoms. The molecule has 1 heterocycles. The summed E-state index contributed by atoms with van der Waals surface area (Å²) in [6, 6.07) is 15.9. The summed E-state index contributed by atoms with van der Waals surface area (Å²) in [7, 11) is 0. The van der Waals surface area contributed by atoms with E-state index >= 15 is 0 Å². The molecule has 3 rings (SSSR count). The van der Waals surface area contributed by atoms with Gasteiger partial charge in [-0.3, -0.25) is 4.79 Å². The van der Waals surface area contributed by atoms with E-state index < -0.39 is 5.91 Å². The van der Waals surface area contributed by atoms with E-state index in [1.807, 2.05) is 25.1 Å². The van der Waals surface area contributed by atoms with Gasteiger partial charge in [0, 0.05) is 16.4 Å². The van der Waals surface area contributed by atoms with Crippen LogP contribution < -0.4 is 10.6 Å². The van der Waals surface area contributed by atoms with Crippen molar-refractivity contribution >= 4 is 34.8 Å². The molecule has 1 amide bonds. The van der Waals surface area contributed by atoms with Gasteiger partial charge in [0.05, 0.1) is 11.3 Å². The Kier molecular flexibility index (Phi) is 5.34. The van der Waals surface area contributed by atoms with Crippen LogP contribution in [0.5, 0.6) is 0 Å². The van der Waals surface area contributed by atoms with E-state index in [1.165, 1.54) is 0 Å². The molecule has 3 aromatic rings. The second kappa shape index (κ2) is 7.85. The summed E-state index contributed by atoms with van der Waals surface area (Å²) in [5.74, 6) is -0.131. The number of para-hydroxylation sites is 1. The van der Waals surface area contributed by atoms with Crippen LogP contribution in [0.2, 0.25) is 5.02 Å². The van der Waals surface area contributed by atoms with Crippen LogP contribution in [0.1, 0.15) is 27.3 Å². The molecule has 1 aromatic heterocycles. The lowest BCUT2D eigenvalue weighted by Crippen LogP contribution is -2.16. The van der Waals surface area contributed by atoms with Crippen molar-refractivity contribution in [1.29, 1.82) is 5.26 Å². The summed E-state index contributed by atoms with van der Waals surface area (Å²) >= 11 is 6.14. The van der Waals surface area contributed by atoms with Crippen LogP contribution in [-0.2, 0) is 0 Å². The number of nitrogens with one attached hydrogen (secondary N) is 2. The number of anilines is 3. The van der Waals surface area contributed by atoms with Crippen LogP contribution in [0.25, 0.3) is 0 Å². The molecule has 0 spiro atoms. The molecule has 0 aliphatic rings. The van der Waals surface area contributed by atoms with Crippen molar-refractivity contribution in [2.45, 2.75) is 13.8 Å². The topological polar surface area (TPSA) is 90.7 Å². The van der Waals surface area contributed by atoms with Crippen molar-refractivity contribution in [2.24, 2.45) is 0 Å². The summed E-state index contributed by atoms with van der Waals surface area (Å²) in [4.78, 5) is 21.2. The van der Waals surface area contributed by atoms with Crippen LogP contribution in [-0.4, -0.2) is 15.9 Å². The Bertz CT molecular complexity index is 1060. The van der Waals surface area contributed by atoms with E-state index in [2.05, 4.69) is 20.6 Å². The predicted octanol–water partition coefficient (Wildman–Crippen LogP) is 4.61. The summed E-state index contributed by atoms with van der Waals surface area (Å²) < 4.78 is 0. The zero-order valence-electron chi connectivity index (χ0n) is 14.7. The molecule has 0 radical (unpaired) electrons. The van der Waals surface area contributed by atoms with E-state index in [4.69, 9.17) is 16.9 Å². The average molecular weight is 378 g/mol. The molecule has 2 aromatic carbocycles. The Balaban J connectivity index is 1.88. The fraction of sp³-hybridized carbons (Fsp3) is 0.100. The zero-order chi connectivity index (χ0) is 19.4. The van der Waals surface area contributed by atoms with E-state index in [0.717, 1.165) is 11.3 Å². The number of hydrogen-bond donors (Lipinski definition) is 2. The van der Waals surface area contributed by atoms with Gasteiger partial charge in [-0.1, -0.05) is 29.8 Å². The Morgan fingerprint density at radius 3 is 2.59 bits per heavy atom. The third kappa shape index (κ3) is 4.22. The maximum absolute atomic E-state index is 12.6. The first-order valence-corrected chi connectivity index (χ1v) is 8.54. The number of rotatable bonds is 4. The maximum atomic E-state index is 12.6. The number of carbonyl (C=O) groups excluding carboxylic acids is 1. The van der Waals surface area contributed by atoms with Gasteiger partial charge in [0.1, 0.15) is 11.8 Å². The van der Waals surface area contributed by atoms with Crippen molar-refractivity contribution in [3.05, 3.63) is 76.1 Å². The largest absolute Gasteiger partial charge is 0.324 e. The van der Waals surface area contributed by atoms with Gasteiger partial charge in [0.15, 0.2) is 0 Å². The molecule has 0 aliphatic carbocycles. The molecule has 134 valence electrons. The number of carbonyl (C=O) groups is 1. The lowest BCUT2D eigenvalue weighted by atomic mass is 10.2. The van der Waals surface area contributed by atoms with Crippen LogP contribution in [0.3, 0.4) is 0 Å². The smallest absolute Gasteiger partial charge is 0.274 e. The molecule has 0 atom stereocenters. The predicted molar refractivity (Wildman–Crippen MR) is 105 cm³/mol. The van der Waals surface area contributed by atoms with Gasteiger partial charge in [-0.25, -0.2) is 9.97 Å². The number of benzene rings is 2. The highest BCUT2D eigenvalue weighted by molar-refractivity contribution is 6.31. The monoisotopic (exact) mass is 377 g/mol. The van der Waals surface area contributed by atoms with Crippen LogP contribution in [0, 0.1) is 25.2 Å². The van der Waals surface area contributed by atoms with Crippen molar-refractivity contribution < 1.29 is 4.79 Å². The molecule has 0 saturated carbocycles. The Morgan fingerprint density at radius 2 is 1.81 bits per heavy atom. The second-order valence-corrected chi connectivity index (χ2v) is 6.27. The van der Waals surface area contributed by atoms with Crippen LogP contribution in [0.4, 0.5) is 17.3 Å². The van der Waals surface area contributed by atoms with Crippen molar-refractivity contribution in [3.8, 4) is 6.07 Å². The molecule has 7 heteroatoms. The first-order valence-electron chi connectivity index (χ1n) is 8.16. The number of aryl methyl sites for hydroxylation is 1. The van der Waals surface area contributed by atoms with Gasteiger partial charge in [-0.15, -0.1) is 0 Å². The first kappa shape index (κ1) is 18.4. The van der Waals surface area contributed by atoms with Gasteiger partial charge >= 0.3 is 0 Å². The second-order valence-electron chi connectivity index (χ2n) is 5.87. The third-order valence-electron chi connectivity index (χ3n) is 3.90. The Labute approximate surface area is 161 Å². The molecular weight excluding hydrogens is 362 g/mol. The summed E-state index contributed by atoms with van der Waals surface area (Å²) in [5.41, 5.74) is 3.25. The minimum absolute atomic E-state index is 0.192. The van der Waals surface area contributed by atoms with Crippen LogP contribution in [0.15, 0.2) is 48.5 Å². The van der Waals surface area contributed by atoms with Gasteiger partial charge in [0.25, 0.3) is 5.91 Å². The van der Waals surface area contributed by atoms with Crippen molar-refractivity contribution in [2.75, 3.05) is 10.6 Å². The van der Waals surface area contributed by atoms with Crippen LogP contribution >= 0.6 is 11.6 Å². The molecule has 6 nitrogen and oxygen atoms in total. The number of halogens is 1. The number of nitrogens with zero attached hydrogens (tertiary/aromatic N) is 3. The number of amides is 1. The standard InChI is InChI=1S/C20H16ClN5O/c1-12-10-18(19(27)24-17-8-4-3-6-14(17)11-22)26-20(23-12)25-16-9-5-7-15(21)13(16)2/h3-10H,1-2H3,(H,24,27)(H,23,25,26). The number of aromatic nitrogens is 2. The summed E-state index contributed by atoms with van der Waals surface area (Å²) in [6.45, 7) is 3.66. The molecule has 27 heavy (non-hydrogen) atoms. The fourth-order valence-electron chi connectivity index (χ4n) is 2.48. The minimum atomic E-state index is -0.422. The summed E-state index contributed by atoms with van der Waals surface area (Å²) in [6.07, 6.45) is 0. The average Bonchev–Trinajstić information content (AvgIpc) is 2.65. The van der Waals surface area contributed by atoms with Gasteiger partial charge in [-0.05, 0) is 49.7 Å². The summed E-state index contributed by atoms with van der Waals surface area (Å²) in [5, 5.41) is 15.6. The number of nitriles is 1. The van der Waals surface area contributed by atoms with Gasteiger partial charge in [0.2, 0.25) is 5.95 Å². The molecular formula is C20H16ClN5O. The molecule has 0 fully saturated rings. The third-order valence-corrected chi connectivity index (χ3v) is 4.31. The highest BCUT2D eigenvalue weighted by atomic mass is 35.5. The molecule has 2 N–H and O–H groups in total. The normalized spacial score (nSPS) is 10.1.